The molecule has 1 aliphatic carbocycles. The van der Waals surface area contributed by atoms with Gasteiger partial charge in [-0.25, -0.2) is 4.79 Å². The minimum Gasteiger partial charge on any atom is -0.444 e. The number of benzene rings is 1. The van der Waals surface area contributed by atoms with Gasteiger partial charge in [-0.1, -0.05) is 30.3 Å². The molecule has 2 amide bonds. The van der Waals surface area contributed by atoms with Crippen LogP contribution in [0.3, 0.4) is 0 Å². The van der Waals surface area contributed by atoms with Gasteiger partial charge in [-0.2, -0.15) is 13.2 Å². The van der Waals surface area contributed by atoms with Crippen molar-refractivity contribution in [2.75, 3.05) is 6.54 Å². The molecule has 3 aromatic rings. The standard InChI is InChI=1S/C28H31F3N4O3/c1-27(2,3)38-26(37)33-16-21(13-18-7-5-4-6-8-18)34-25(36)23-14-19-9-10-20-15-32-12-11-22(20)24(19)35(23)17-28(29,30)31/h4-8,11-12,14-15,21H,9-10,13,16-17H2,1-3H3,(H,33,37)(H,34,36)/t21-/m0/s1. The predicted molar refractivity (Wildman–Crippen MR) is 137 cm³/mol. The maximum atomic E-state index is 13.7. The maximum absolute atomic E-state index is 13.7. The van der Waals surface area contributed by atoms with Crippen LogP contribution in [0.25, 0.3) is 11.3 Å². The number of alkyl carbamates (subject to hydrolysis) is 1. The van der Waals surface area contributed by atoms with E-state index in [4.69, 9.17) is 4.74 Å². The Morgan fingerprint density at radius 3 is 2.47 bits per heavy atom. The quantitative estimate of drug-likeness (QED) is 0.448. The summed E-state index contributed by atoms with van der Waals surface area (Å²) in [6.07, 6.45) is -0.495. The van der Waals surface area contributed by atoms with Gasteiger partial charge in [-0.05, 0) is 68.9 Å². The minimum atomic E-state index is -4.53. The normalized spacial score (nSPS) is 13.7. The molecule has 0 unspecified atom stereocenters. The number of aromatic nitrogens is 2. The molecule has 0 bridgehead atoms. The zero-order valence-electron chi connectivity index (χ0n) is 21.6. The van der Waals surface area contributed by atoms with Gasteiger partial charge >= 0.3 is 12.3 Å². The Hall–Kier alpha value is -3.82. The topological polar surface area (TPSA) is 85.3 Å². The molecule has 1 aromatic carbocycles. The molecule has 4 rings (SSSR count). The van der Waals surface area contributed by atoms with Crippen LogP contribution in [0.4, 0.5) is 18.0 Å². The third kappa shape index (κ3) is 6.93. The van der Waals surface area contributed by atoms with Gasteiger partial charge < -0.3 is 19.9 Å². The molecule has 2 heterocycles. The SMILES string of the molecule is CC(C)(C)OC(=O)NC[C@H](Cc1ccccc1)NC(=O)c1cc2c(n1CC(F)(F)F)-c1ccncc1CC2. The molecular weight excluding hydrogens is 497 g/mol. The number of halogens is 3. The largest absolute Gasteiger partial charge is 0.444 e. The summed E-state index contributed by atoms with van der Waals surface area (Å²) < 4.78 is 47.4. The van der Waals surface area contributed by atoms with Crippen LogP contribution < -0.4 is 10.6 Å². The van der Waals surface area contributed by atoms with Crippen LogP contribution in [-0.2, 0) is 30.5 Å². The third-order valence-electron chi connectivity index (χ3n) is 6.12. The Labute approximate surface area is 219 Å². The number of carbonyl (C=O) groups excluding carboxylic acids is 2. The molecular formula is C28H31F3N4O3. The van der Waals surface area contributed by atoms with Crippen LogP contribution in [0.5, 0.6) is 0 Å². The van der Waals surface area contributed by atoms with E-state index in [0.717, 1.165) is 15.7 Å². The zero-order valence-corrected chi connectivity index (χ0v) is 21.6. The van der Waals surface area contributed by atoms with Crippen molar-refractivity contribution in [2.24, 2.45) is 0 Å². The van der Waals surface area contributed by atoms with Gasteiger partial charge in [0, 0.05) is 24.5 Å². The van der Waals surface area contributed by atoms with Crippen molar-refractivity contribution in [2.45, 2.75) is 64.4 Å². The average Bonchev–Trinajstić information content (AvgIpc) is 3.19. The first kappa shape index (κ1) is 27.2. The summed E-state index contributed by atoms with van der Waals surface area (Å²) in [7, 11) is 0. The number of alkyl halides is 3. The smallest absolute Gasteiger partial charge is 0.407 e. The molecule has 0 radical (unpaired) electrons. The van der Waals surface area contributed by atoms with E-state index in [9.17, 15) is 22.8 Å². The Balaban J connectivity index is 1.63. The van der Waals surface area contributed by atoms with Crippen molar-refractivity contribution in [1.82, 2.24) is 20.2 Å². The zero-order chi connectivity index (χ0) is 27.5. The number of fused-ring (bicyclic) bond motifs is 3. The molecule has 0 fully saturated rings. The number of aryl methyl sites for hydroxylation is 2. The molecule has 0 aliphatic heterocycles. The highest BCUT2D eigenvalue weighted by Gasteiger charge is 2.34. The van der Waals surface area contributed by atoms with Crippen molar-refractivity contribution in [3.8, 4) is 11.3 Å². The summed E-state index contributed by atoms with van der Waals surface area (Å²) in [5.74, 6) is -0.647. The fraction of sp³-hybridized carbons (Fsp3) is 0.393. The summed E-state index contributed by atoms with van der Waals surface area (Å²) in [6, 6.07) is 11.9. The molecule has 2 aromatic heterocycles. The lowest BCUT2D eigenvalue weighted by atomic mass is 9.92. The lowest BCUT2D eigenvalue weighted by molar-refractivity contribution is -0.140. The molecule has 10 heteroatoms. The van der Waals surface area contributed by atoms with Crippen LogP contribution in [0.15, 0.2) is 54.9 Å². The lowest BCUT2D eigenvalue weighted by Gasteiger charge is -2.24. The van der Waals surface area contributed by atoms with Crippen molar-refractivity contribution in [1.29, 1.82) is 0 Å². The molecule has 0 saturated heterocycles. The molecule has 7 nitrogen and oxygen atoms in total. The van der Waals surface area contributed by atoms with E-state index in [0.29, 0.717) is 36.1 Å². The van der Waals surface area contributed by atoms with Crippen LogP contribution in [-0.4, -0.2) is 45.9 Å². The average molecular weight is 529 g/mol. The van der Waals surface area contributed by atoms with Gasteiger partial charge in [0.25, 0.3) is 5.91 Å². The van der Waals surface area contributed by atoms with Gasteiger partial charge in [0.1, 0.15) is 17.8 Å². The van der Waals surface area contributed by atoms with Crippen LogP contribution in [0, 0.1) is 0 Å². The second-order valence-electron chi connectivity index (χ2n) is 10.4. The second-order valence-corrected chi connectivity index (χ2v) is 10.4. The van der Waals surface area contributed by atoms with E-state index in [1.54, 1.807) is 39.1 Å². The molecule has 2 N–H and O–H groups in total. The fourth-order valence-corrected chi connectivity index (χ4v) is 4.63. The summed E-state index contributed by atoms with van der Waals surface area (Å²) >= 11 is 0. The highest BCUT2D eigenvalue weighted by molar-refractivity contribution is 5.95. The number of ether oxygens (including phenoxy) is 1. The summed E-state index contributed by atoms with van der Waals surface area (Å²) in [5, 5.41) is 5.51. The number of rotatable bonds is 7. The first-order valence-corrected chi connectivity index (χ1v) is 12.4. The van der Waals surface area contributed by atoms with E-state index in [1.165, 1.54) is 6.20 Å². The van der Waals surface area contributed by atoms with Gasteiger partial charge in [-0.15, -0.1) is 0 Å². The Bertz CT molecular complexity index is 1300. The first-order valence-electron chi connectivity index (χ1n) is 12.4. The van der Waals surface area contributed by atoms with Crippen LogP contribution in [0.1, 0.15) is 48.0 Å². The summed E-state index contributed by atoms with van der Waals surface area (Å²) in [6.45, 7) is 3.94. The van der Waals surface area contributed by atoms with Gasteiger partial charge in [0.05, 0.1) is 11.7 Å². The van der Waals surface area contributed by atoms with Crippen molar-refractivity contribution in [3.63, 3.8) is 0 Å². The monoisotopic (exact) mass is 528 g/mol. The molecule has 1 atom stereocenters. The van der Waals surface area contributed by atoms with Crippen LogP contribution >= 0.6 is 0 Å². The third-order valence-corrected chi connectivity index (χ3v) is 6.12. The molecule has 0 saturated carbocycles. The minimum absolute atomic E-state index is 0.0315. The van der Waals surface area contributed by atoms with Gasteiger partial charge in [0.15, 0.2) is 0 Å². The second kappa shape index (κ2) is 10.9. The number of pyridine rings is 1. The highest BCUT2D eigenvalue weighted by Crippen LogP contribution is 2.37. The maximum Gasteiger partial charge on any atom is 0.407 e. The molecule has 1 aliphatic rings. The van der Waals surface area contributed by atoms with E-state index >= 15 is 0 Å². The number of amides is 2. The van der Waals surface area contributed by atoms with Gasteiger partial charge in [0.2, 0.25) is 0 Å². The van der Waals surface area contributed by atoms with E-state index < -0.39 is 36.4 Å². The Morgan fingerprint density at radius 1 is 1.08 bits per heavy atom. The van der Waals surface area contributed by atoms with Crippen LogP contribution in [0.2, 0.25) is 0 Å². The number of hydrogen-bond donors (Lipinski definition) is 2. The molecule has 38 heavy (non-hydrogen) atoms. The number of hydrogen-bond acceptors (Lipinski definition) is 4. The fourth-order valence-electron chi connectivity index (χ4n) is 4.63. The Kier molecular flexibility index (Phi) is 7.80. The molecule has 0 spiro atoms. The van der Waals surface area contributed by atoms with E-state index in [2.05, 4.69) is 15.6 Å². The number of nitrogens with one attached hydrogen (secondary N) is 2. The summed E-state index contributed by atoms with van der Waals surface area (Å²) in [5.41, 5.74) is 2.69. The number of nitrogens with zero attached hydrogens (tertiary/aromatic N) is 2. The highest BCUT2D eigenvalue weighted by atomic mass is 19.4. The first-order chi connectivity index (χ1) is 17.9. The predicted octanol–water partition coefficient (Wildman–Crippen LogP) is 5.08. The van der Waals surface area contributed by atoms with E-state index in [-0.39, 0.29) is 12.2 Å². The van der Waals surface area contributed by atoms with Crippen molar-refractivity contribution >= 4 is 12.0 Å². The molecule has 202 valence electrons. The lowest BCUT2D eigenvalue weighted by Crippen LogP contribution is -2.46. The Morgan fingerprint density at radius 2 is 1.79 bits per heavy atom. The number of carbonyl (C=O) groups is 2. The van der Waals surface area contributed by atoms with E-state index in [1.807, 2.05) is 30.3 Å². The van der Waals surface area contributed by atoms with Crippen molar-refractivity contribution < 1.29 is 27.5 Å². The summed E-state index contributed by atoms with van der Waals surface area (Å²) in [4.78, 5) is 29.8. The van der Waals surface area contributed by atoms with Crippen molar-refractivity contribution in [3.05, 3.63) is 77.2 Å². The van der Waals surface area contributed by atoms with Gasteiger partial charge in [-0.3, -0.25) is 9.78 Å².